The van der Waals surface area contributed by atoms with Gasteiger partial charge in [-0.15, -0.1) is 0 Å². The lowest BCUT2D eigenvalue weighted by Gasteiger charge is -2.42. The first-order valence-corrected chi connectivity index (χ1v) is 5.66. The van der Waals surface area contributed by atoms with Crippen molar-refractivity contribution < 1.29 is 24.1 Å². The van der Waals surface area contributed by atoms with Gasteiger partial charge in [0.25, 0.3) is 0 Å². The molecular weight excluding hydrogens is 212 g/mol. The topological polar surface area (TPSA) is 57.2 Å². The van der Waals surface area contributed by atoms with Crippen molar-refractivity contribution in [2.24, 2.45) is 0 Å². The fraction of sp³-hybridized carbons (Fsp3) is 1.00. The molecule has 0 amide bonds. The molecule has 5 atom stereocenters. The largest absolute Gasteiger partial charge is 0.388 e. The molecule has 0 bridgehead atoms. The molecule has 1 N–H and O–H groups in total. The molecule has 0 aromatic heterocycles. The molecule has 0 radical (unpaired) electrons. The lowest BCUT2D eigenvalue weighted by Crippen LogP contribution is -2.58. The van der Waals surface area contributed by atoms with Crippen LogP contribution in [-0.4, -0.2) is 56.6 Å². The summed E-state index contributed by atoms with van der Waals surface area (Å²) in [5.41, 5.74) is 0. The van der Waals surface area contributed by atoms with Crippen LogP contribution in [0.3, 0.4) is 0 Å². The Balaban J connectivity index is 2.68. The van der Waals surface area contributed by atoms with E-state index in [1.54, 1.807) is 21.1 Å². The summed E-state index contributed by atoms with van der Waals surface area (Å²) < 4.78 is 21.6. The van der Waals surface area contributed by atoms with Gasteiger partial charge in [-0.25, -0.2) is 0 Å². The van der Waals surface area contributed by atoms with Gasteiger partial charge in [0, 0.05) is 20.8 Å². The average molecular weight is 234 g/mol. The Bertz CT molecular complexity index is 199. The van der Waals surface area contributed by atoms with Crippen LogP contribution < -0.4 is 0 Å². The maximum Gasteiger partial charge on any atom is 0.186 e. The normalized spacial score (nSPS) is 39.9. The Labute approximate surface area is 96.6 Å². The van der Waals surface area contributed by atoms with Gasteiger partial charge in [0.2, 0.25) is 0 Å². The number of hydrogen-bond acceptors (Lipinski definition) is 5. The van der Waals surface area contributed by atoms with Crippen molar-refractivity contribution in [1.29, 1.82) is 0 Å². The fourth-order valence-corrected chi connectivity index (χ4v) is 1.87. The van der Waals surface area contributed by atoms with Gasteiger partial charge in [-0.05, 0) is 13.3 Å². The smallest absolute Gasteiger partial charge is 0.186 e. The highest BCUT2D eigenvalue weighted by atomic mass is 16.7. The molecule has 1 heterocycles. The summed E-state index contributed by atoms with van der Waals surface area (Å²) in [5, 5.41) is 9.90. The van der Waals surface area contributed by atoms with Crippen LogP contribution in [0, 0.1) is 0 Å². The van der Waals surface area contributed by atoms with Crippen LogP contribution in [0.1, 0.15) is 20.3 Å². The first-order valence-electron chi connectivity index (χ1n) is 5.66. The predicted octanol–water partition coefficient (Wildman–Crippen LogP) is 0.549. The molecule has 1 aliphatic heterocycles. The second-order valence-electron chi connectivity index (χ2n) is 3.97. The van der Waals surface area contributed by atoms with E-state index in [2.05, 4.69) is 0 Å². The number of aliphatic hydroxyl groups is 1. The van der Waals surface area contributed by atoms with Crippen LogP contribution in [0.4, 0.5) is 0 Å². The minimum absolute atomic E-state index is 0.321. The molecule has 5 heteroatoms. The minimum atomic E-state index is -0.698. The van der Waals surface area contributed by atoms with E-state index >= 15 is 0 Å². The number of ether oxygens (including phenoxy) is 4. The monoisotopic (exact) mass is 234 g/mol. The molecule has 96 valence electrons. The second-order valence-corrected chi connectivity index (χ2v) is 3.97. The Kier molecular flexibility index (Phi) is 5.64. The van der Waals surface area contributed by atoms with Crippen LogP contribution in [0.25, 0.3) is 0 Å². The van der Waals surface area contributed by atoms with Crippen molar-refractivity contribution in [1.82, 2.24) is 0 Å². The van der Waals surface area contributed by atoms with E-state index < -0.39 is 24.6 Å². The first-order chi connectivity index (χ1) is 7.65. The fourth-order valence-electron chi connectivity index (χ4n) is 1.87. The van der Waals surface area contributed by atoms with Crippen LogP contribution >= 0.6 is 0 Å². The van der Waals surface area contributed by atoms with Gasteiger partial charge >= 0.3 is 0 Å². The summed E-state index contributed by atoms with van der Waals surface area (Å²) in [7, 11) is 3.11. The van der Waals surface area contributed by atoms with Crippen molar-refractivity contribution in [3.05, 3.63) is 0 Å². The van der Waals surface area contributed by atoms with Crippen LogP contribution in [-0.2, 0) is 18.9 Å². The molecule has 16 heavy (non-hydrogen) atoms. The van der Waals surface area contributed by atoms with Crippen LogP contribution in [0.5, 0.6) is 0 Å². The molecule has 5 nitrogen and oxygen atoms in total. The first kappa shape index (κ1) is 13.9. The number of rotatable bonds is 5. The van der Waals surface area contributed by atoms with Crippen molar-refractivity contribution in [3.63, 3.8) is 0 Å². The average Bonchev–Trinajstić information content (AvgIpc) is 2.29. The van der Waals surface area contributed by atoms with Crippen molar-refractivity contribution >= 4 is 0 Å². The van der Waals surface area contributed by atoms with E-state index in [0.29, 0.717) is 6.61 Å². The van der Waals surface area contributed by atoms with Crippen molar-refractivity contribution in [2.75, 3.05) is 20.8 Å². The maximum absolute atomic E-state index is 9.90. The molecular formula is C11H22O5. The van der Waals surface area contributed by atoms with Gasteiger partial charge in [-0.3, -0.25) is 0 Å². The second kappa shape index (κ2) is 6.51. The minimum Gasteiger partial charge on any atom is -0.388 e. The molecule has 1 fully saturated rings. The Morgan fingerprint density at radius 3 is 2.31 bits per heavy atom. The van der Waals surface area contributed by atoms with Crippen molar-refractivity contribution in [3.8, 4) is 0 Å². The van der Waals surface area contributed by atoms with Gasteiger partial charge in [0.05, 0.1) is 6.10 Å². The Morgan fingerprint density at radius 2 is 1.81 bits per heavy atom. The number of methoxy groups -OCH3 is 2. The molecule has 1 aliphatic rings. The van der Waals surface area contributed by atoms with E-state index in [1.807, 2.05) is 6.92 Å². The summed E-state index contributed by atoms with van der Waals surface area (Å²) in [6.07, 6.45) is -1.41. The number of aliphatic hydroxyl groups excluding tert-OH is 1. The van der Waals surface area contributed by atoms with Crippen molar-refractivity contribution in [2.45, 2.75) is 51.0 Å². The highest BCUT2D eigenvalue weighted by molar-refractivity contribution is 4.89. The predicted molar refractivity (Wildman–Crippen MR) is 58.2 cm³/mol. The lowest BCUT2D eigenvalue weighted by atomic mass is 9.99. The molecule has 1 saturated heterocycles. The van der Waals surface area contributed by atoms with E-state index in [-0.39, 0.29) is 6.10 Å². The van der Waals surface area contributed by atoms with E-state index in [0.717, 1.165) is 6.42 Å². The van der Waals surface area contributed by atoms with Crippen LogP contribution in [0.15, 0.2) is 0 Å². The maximum atomic E-state index is 9.90. The third kappa shape index (κ3) is 2.93. The van der Waals surface area contributed by atoms with Gasteiger partial charge < -0.3 is 24.1 Å². The molecule has 0 spiro atoms. The zero-order valence-electron chi connectivity index (χ0n) is 10.4. The van der Waals surface area contributed by atoms with E-state index in [9.17, 15) is 5.11 Å². The molecule has 1 rings (SSSR count). The molecule has 0 unspecified atom stereocenters. The van der Waals surface area contributed by atoms with Gasteiger partial charge in [-0.2, -0.15) is 0 Å². The zero-order chi connectivity index (χ0) is 12.1. The molecule has 0 aliphatic carbocycles. The third-order valence-electron chi connectivity index (χ3n) is 2.79. The Hall–Kier alpha value is -0.200. The lowest BCUT2D eigenvalue weighted by molar-refractivity contribution is -0.301. The van der Waals surface area contributed by atoms with Gasteiger partial charge in [0.1, 0.15) is 18.3 Å². The molecule has 0 saturated carbocycles. The van der Waals surface area contributed by atoms with E-state index in [4.69, 9.17) is 18.9 Å². The van der Waals surface area contributed by atoms with Gasteiger partial charge in [-0.1, -0.05) is 6.92 Å². The van der Waals surface area contributed by atoms with E-state index in [1.165, 1.54) is 0 Å². The highest BCUT2D eigenvalue weighted by Crippen LogP contribution is 2.25. The molecule has 0 aromatic carbocycles. The quantitative estimate of drug-likeness (QED) is 0.752. The Morgan fingerprint density at radius 1 is 1.19 bits per heavy atom. The van der Waals surface area contributed by atoms with Gasteiger partial charge in [0.15, 0.2) is 6.29 Å². The summed E-state index contributed by atoms with van der Waals surface area (Å²) in [6.45, 7) is 4.42. The standard InChI is InChI=1S/C11H22O5/c1-5-6-15-11-10(14-4)9(13-3)8(12)7(2)16-11/h7-12H,5-6H2,1-4H3/t7-,8-,9+,10+,11+/m0/s1. The summed E-state index contributed by atoms with van der Waals surface area (Å²) >= 11 is 0. The molecule has 0 aromatic rings. The SMILES string of the molecule is CCCO[C@@H]1O[C@@H](C)[C@H](O)[C@@H](OC)[C@H]1OC. The van der Waals surface area contributed by atoms with Crippen LogP contribution in [0.2, 0.25) is 0 Å². The third-order valence-corrected chi connectivity index (χ3v) is 2.79. The summed E-state index contributed by atoms with van der Waals surface area (Å²) in [6, 6.07) is 0. The summed E-state index contributed by atoms with van der Waals surface area (Å²) in [5.74, 6) is 0. The summed E-state index contributed by atoms with van der Waals surface area (Å²) in [4.78, 5) is 0. The number of hydrogen-bond donors (Lipinski definition) is 1. The highest BCUT2D eigenvalue weighted by Gasteiger charge is 2.44. The zero-order valence-corrected chi connectivity index (χ0v) is 10.4.